The van der Waals surface area contributed by atoms with Gasteiger partial charge >= 0.3 is 6.09 Å². The maximum Gasteiger partial charge on any atom is 0.415 e. The van der Waals surface area contributed by atoms with Crippen LogP contribution < -0.4 is 30.1 Å². The van der Waals surface area contributed by atoms with Crippen molar-refractivity contribution < 1.29 is 37.4 Å². The number of nitrogens with one attached hydrogen (secondary N) is 2. The summed E-state index contributed by atoms with van der Waals surface area (Å²) in [5, 5.41) is 5.54. The molecule has 0 radical (unpaired) electrons. The van der Waals surface area contributed by atoms with Crippen LogP contribution in [-0.2, 0) is 38.5 Å². The fourth-order valence-corrected chi connectivity index (χ4v) is 9.27. The lowest BCUT2D eigenvalue weighted by Gasteiger charge is -2.49. The molecular weight excluding hydrogens is 825 g/mol. The first-order valence-corrected chi connectivity index (χ1v) is 22.0. The number of anilines is 5. The monoisotopic (exact) mass is 877 g/mol. The lowest BCUT2D eigenvalue weighted by molar-refractivity contribution is -0.134. The van der Waals surface area contributed by atoms with Gasteiger partial charge in [0.25, 0.3) is 0 Å². The smallest absolute Gasteiger partial charge is 0.415 e. The molecule has 17 heteroatoms. The molecule has 5 aliphatic rings. The minimum atomic E-state index is -0.670. The summed E-state index contributed by atoms with van der Waals surface area (Å²) in [6, 6.07) is 12.0. The quantitative estimate of drug-likeness (QED) is 0.212. The van der Waals surface area contributed by atoms with Gasteiger partial charge in [0, 0.05) is 93.5 Å². The first kappa shape index (κ1) is 42.9. The molecule has 2 aromatic heterocycles. The fourth-order valence-electron chi connectivity index (χ4n) is 9.27. The van der Waals surface area contributed by atoms with Gasteiger partial charge in [0.1, 0.15) is 35.3 Å². The highest BCUT2D eigenvalue weighted by molar-refractivity contribution is 6.01. The summed E-state index contributed by atoms with van der Waals surface area (Å²) >= 11 is 0. The van der Waals surface area contributed by atoms with Crippen molar-refractivity contribution in [3.8, 4) is 5.88 Å². The number of hydrogen-bond acceptors (Lipinski definition) is 12. The van der Waals surface area contributed by atoms with Gasteiger partial charge in [-0.15, -0.1) is 0 Å². The van der Waals surface area contributed by atoms with E-state index in [1.54, 1.807) is 34.2 Å². The van der Waals surface area contributed by atoms with E-state index in [2.05, 4.69) is 35.3 Å². The summed E-state index contributed by atoms with van der Waals surface area (Å²) in [4.78, 5) is 69.6. The Morgan fingerprint density at radius 2 is 1.70 bits per heavy atom. The van der Waals surface area contributed by atoms with Crippen LogP contribution in [0.3, 0.4) is 0 Å². The van der Waals surface area contributed by atoms with Crippen molar-refractivity contribution >= 4 is 52.4 Å². The summed E-state index contributed by atoms with van der Waals surface area (Å²) in [6.07, 6.45) is 4.40. The third-order valence-corrected chi connectivity index (χ3v) is 12.8. The molecule has 4 aromatic rings. The van der Waals surface area contributed by atoms with Gasteiger partial charge in [0.15, 0.2) is 0 Å². The zero-order chi connectivity index (χ0) is 44.9. The number of piperidine rings is 1. The lowest BCUT2D eigenvalue weighted by Crippen LogP contribution is -2.63. The first-order chi connectivity index (χ1) is 30.7. The van der Waals surface area contributed by atoms with Crippen molar-refractivity contribution in [2.45, 2.75) is 77.5 Å². The number of ether oxygens (including phenoxy) is 2. The number of carbonyl (C=O) groups is 4. The van der Waals surface area contributed by atoms with Gasteiger partial charge in [-0.2, -0.15) is 0 Å². The molecule has 0 bridgehead atoms. The number of amides is 4. The third-order valence-electron chi connectivity index (χ3n) is 12.8. The second kappa shape index (κ2) is 17.3. The highest BCUT2D eigenvalue weighted by Gasteiger charge is 2.37. The Labute approximate surface area is 370 Å². The van der Waals surface area contributed by atoms with Crippen LogP contribution in [0.25, 0.3) is 0 Å². The van der Waals surface area contributed by atoms with Gasteiger partial charge in [-0.05, 0) is 87.6 Å². The van der Waals surface area contributed by atoms with E-state index < -0.39 is 35.2 Å². The highest BCUT2D eigenvalue weighted by atomic mass is 19.1. The molecule has 1 atom stereocenters. The third kappa shape index (κ3) is 8.90. The number of rotatable bonds is 8. The predicted octanol–water partition coefficient (Wildman–Crippen LogP) is 5.60. The molecule has 0 spiro atoms. The average Bonchev–Trinajstić information content (AvgIpc) is 3.24. The summed E-state index contributed by atoms with van der Waals surface area (Å²) in [6.45, 7) is 13.4. The van der Waals surface area contributed by atoms with E-state index in [9.17, 15) is 19.2 Å². The predicted molar refractivity (Wildman–Crippen MR) is 236 cm³/mol. The van der Waals surface area contributed by atoms with Crippen LogP contribution >= 0.6 is 0 Å². The molecule has 4 amide bonds. The molecule has 15 nitrogen and oxygen atoms in total. The minimum Gasteiger partial charge on any atom is -0.474 e. The largest absolute Gasteiger partial charge is 0.474 e. The number of carbonyl (C=O) groups excluding carboxylic acids is 4. The molecular formula is C47H53F2N9O6. The van der Waals surface area contributed by atoms with E-state index in [0.717, 1.165) is 54.1 Å². The molecule has 7 heterocycles. The second-order valence-corrected chi connectivity index (χ2v) is 18.2. The van der Waals surface area contributed by atoms with Crippen LogP contribution in [0.5, 0.6) is 5.88 Å². The molecule has 2 N–H and O–H groups in total. The molecule has 0 saturated carbocycles. The minimum absolute atomic E-state index is 0.0464. The van der Waals surface area contributed by atoms with E-state index in [0.29, 0.717) is 86.5 Å². The summed E-state index contributed by atoms with van der Waals surface area (Å²) < 4.78 is 42.2. The van der Waals surface area contributed by atoms with E-state index >= 15 is 8.78 Å². The van der Waals surface area contributed by atoms with Crippen LogP contribution in [0.4, 0.5) is 42.1 Å². The zero-order valence-corrected chi connectivity index (χ0v) is 36.6. The van der Waals surface area contributed by atoms with Gasteiger partial charge in [0.05, 0.1) is 30.8 Å². The van der Waals surface area contributed by atoms with Gasteiger partial charge in [-0.25, -0.2) is 23.5 Å². The van der Waals surface area contributed by atoms with Crippen LogP contribution in [0.1, 0.15) is 67.3 Å². The molecule has 0 aliphatic carbocycles. The topological polar surface area (TPSA) is 153 Å². The number of fused-ring (bicyclic) bond motifs is 2. The van der Waals surface area contributed by atoms with E-state index in [1.165, 1.54) is 12.1 Å². The number of imide groups is 1. The lowest BCUT2D eigenvalue weighted by atomic mass is 9.90. The molecule has 5 aliphatic heterocycles. The van der Waals surface area contributed by atoms with Crippen molar-refractivity contribution in [1.29, 1.82) is 0 Å². The normalized spacial score (nSPS) is 19.3. The maximum atomic E-state index is 15.5. The van der Waals surface area contributed by atoms with Crippen LogP contribution in [-0.4, -0.2) is 114 Å². The first-order valence-electron chi connectivity index (χ1n) is 22.0. The Morgan fingerprint density at radius 3 is 2.44 bits per heavy atom. The molecule has 9 rings (SSSR count). The van der Waals surface area contributed by atoms with Crippen LogP contribution in [0, 0.1) is 18.6 Å². The number of hydrogen-bond donors (Lipinski definition) is 2. The fraction of sp³-hybridized carbons (Fsp3) is 0.447. The maximum absolute atomic E-state index is 15.5. The molecule has 1 unspecified atom stereocenters. The van der Waals surface area contributed by atoms with Crippen LogP contribution in [0.15, 0.2) is 54.9 Å². The highest BCUT2D eigenvalue weighted by Crippen LogP contribution is 2.40. The van der Waals surface area contributed by atoms with E-state index in [4.69, 9.17) is 9.47 Å². The average molecular weight is 878 g/mol. The van der Waals surface area contributed by atoms with Crippen molar-refractivity contribution in [3.63, 3.8) is 0 Å². The number of aromatic nitrogens is 2. The van der Waals surface area contributed by atoms with Gasteiger partial charge in [-0.3, -0.25) is 29.5 Å². The number of halogens is 2. The molecule has 64 heavy (non-hydrogen) atoms. The van der Waals surface area contributed by atoms with Crippen molar-refractivity contribution in [3.05, 3.63) is 94.3 Å². The van der Waals surface area contributed by atoms with Crippen molar-refractivity contribution in [2.75, 3.05) is 79.0 Å². The Morgan fingerprint density at radius 1 is 0.906 bits per heavy atom. The number of piperazine rings is 1. The van der Waals surface area contributed by atoms with Crippen molar-refractivity contribution in [1.82, 2.24) is 25.1 Å². The Bertz CT molecular complexity index is 2500. The number of nitrogens with zero attached hydrogens (tertiary/aromatic N) is 7. The Kier molecular flexibility index (Phi) is 11.6. The summed E-state index contributed by atoms with van der Waals surface area (Å²) in [5.74, 6) is -1.54. The van der Waals surface area contributed by atoms with Gasteiger partial charge < -0.3 is 29.5 Å². The van der Waals surface area contributed by atoms with Gasteiger partial charge in [0.2, 0.25) is 23.6 Å². The molecule has 336 valence electrons. The summed E-state index contributed by atoms with van der Waals surface area (Å²) in [7, 11) is 0. The van der Waals surface area contributed by atoms with Crippen molar-refractivity contribution in [2.24, 2.45) is 0 Å². The van der Waals surface area contributed by atoms with Gasteiger partial charge in [-0.1, -0.05) is 12.1 Å². The van der Waals surface area contributed by atoms with E-state index in [1.807, 2.05) is 46.0 Å². The molecule has 3 saturated heterocycles. The summed E-state index contributed by atoms with van der Waals surface area (Å²) in [5.41, 5.74) is 5.80. The van der Waals surface area contributed by atoms with E-state index in [-0.39, 0.29) is 30.7 Å². The number of benzene rings is 2. The molecule has 2 aromatic carbocycles. The Balaban J connectivity index is 0.764. The number of pyridine rings is 2. The van der Waals surface area contributed by atoms with Crippen LogP contribution in [0.2, 0.25) is 0 Å². The second-order valence-electron chi connectivity index (χ2n) is 18.2. The SMILES string of the molecule is Cc1c(N2CCc3cnc(Nc4ccc(CC(=O)N5CCN(C6CN(c7ccc(C8CCC(=O)NC8=O)c(F)c7)C6)CC5)c(F)c4)cc3C2)cnc2c1N(C(=O)OC(C)(C)C)CCO2. The Hall–Kier alpha value is -6.36. The zero-order valence-electron chi connectivity index (χ0n) is 36.6. The molecule has 3 fully saturated rings. The standard InChI is InChI=1S/C47H53F2N9O6/c1-28-39(24-51-45-43(28)58(17-18-63-45)46(62)64-47(2,3)4)56-12-11-30-23-50-40(19-31(30)25-56)52-32-6-5-29(37(48)21-32)20-42(60)55-15-13-54(14-16-55)34-26-57(27-34)33-7-8-35(38(49)22-33)36-9-10-41(59)53-44(36)61/h5-8,19,21-24,34,36H,9-18,20,25-27H2,1-4H3,(H,50,52)(H,53,59,61).